The van der Waals surface area contributed by atoms with Gasteiger partial charge in [-0.25, -0.2) is 8.78 Å². The standard InChI is InChI=1S/C31H29F2N3O2/c32-23-16-14-22(15-17-23)29(30(37)34-25-11-5-2-6-12-25)36(26-13-7-10-24(33)20-26)31(38)28-19-18-27(35-28)21-8-3-1-4-9-21/h1,3-4,7-10,13-20,25,29,35H,2,5-6,11-12H2,(H,34,37). The monoisotopic (exact) mass is 513 g/mol. The summed E-state index contributed by atoms with van der Waals surface area (Å²) in [6.45, 7) is 0. The smallest absolute Gasteiger partial charge is 0.275 e. The molecule has 194 valence electrons. The van der Waals surface area contributed by atoms with Gasteiger partial charge in [0.2, 0.25) is 5.91 Å². The van der Waals surface area contributed by atoms with Crippen molar-refractivity contribution in [3.63, 3.8) is 0 Å². The largest absolute Gasteiger partial charge is 0.351 e. The average Bonchev–Trinajstić information content (AvgIpc) is 3.44. The second kappa shape index (κ2) is 11.4. The van der Waals surface area contributed by atoms with E-state index in [4.69, 9.17) is 0 Å². The number of hydrogen-bond donors (Lipinski definition) is 2. The van der Waals surface area contributed by atoms with Crippen LogP contribution in [0.3, 0.4) is 0 Å². The van der Waals surface area contributed by atoms with Crippen molar-refractivity contribution < 1.29 is 18.4 Å². The van der Waals surface area contributed by atoms with Gasteiger partial charge in [-0.2, -0.15) is 0 Å². The van der Waals surface area contributed by atoms with E-state index >= 15 is 0 Å². The van der Waals surface area contributed by atoms with Crippen LogP contribution in [0.25, 0.3) is 11.3 Å². The molecule has 3 aromatic carbocycles. The lowest BCUT2D eigenvalue weighted by Gasteiger charge is -2.33. The van der Waals surface area contributed by atoms with Gasteiger partial charge in [0.15, 0.2) is 0 Å². The molecule has 5 nitrogen and oxygen atoms in total. The zero-order valence-corrected chi connectivity index (χ0v) is 20.9. The molecule has 1 aromatic heterocycles. The van der Waals surface area contributed by atoms with E-state index in [0.29, 0.717) is 5.56 Å². The summed E-state index contributed by atoms with van der Waals surface area (Å²) in [5, 5.41) is 3.10. The molecule has 0 spiro atoms. The van der Waals surface area contributed by atoms with Crippen LogP contribution < -0.4 is 10.2 Å². The molecule has 1 saturated carbocycles. The second-order valence-corrected chi connectivity index (χ2v) is 9.60. The van der Waals surface area contributed by atoms with Crippen LogP contribution >= 0.6 is 0 Å². The van der Waals surface area contributed by atoms with Gasteiger partial charge in [-0.15, -0.1) is 0 Å². The molecule has 2 amide bonds. The van der Waals surface area contributed by atoms with E-state index < -0.39 is 29.5 Å². The highest BCUT2D eigenvalue weighted by atomic mass is 19.1. The number of halogens is 2. The highest BCUT2D eigenvalue weighted by molar-refractivity contribution is 6.09. The van der Waals surface area contributed by atoms with Crippen molar-refractivity contribution >= 4 is 17.5 Å². The lowest BCUT2D eigenvalue weighted by molar-refractivity contribution is -0.123. The molecule has 0 aliphatic heterocycles. The van der Waals surface area contributed by atoms with Crippen LogP contribution in [0.2, 0.25) is 0 Å². The maximum absolute atomic E-state index is 14.4. The molecule has 5 rings (SSSR count). The van der Waals surface area contributed by atoms with Crippen molar-refractivity contribution in [3.8, 4) is 11.3 Å². The van der Waals surface area contributed by atoms with Gasteiger partial charge in [0, 0.05) is 17.4 Å². The van der Waals surface area contributed by atoms with Gasteiger partial charge in [0.05, 0.1) is 0 Å². The number of carbonyl (C=O) groups is 2. The number of carbonyl (C=O) groups excluding carboxylic acids is 2. The molecule has 4 aromatic rings. The first-order valence-corrected chi connectivity index (χ1v) is 12.9. The van der Waals surface area contributed by atoms with Crippen molar-refractivity contribution in [2.24, 2.45) is 0 Å². The summed E-state index contributed by atoms with van der Waals surface area (Å²) < 4.78 is 28.3. The zero-order valence-electron chi connectivity index (χ0n) is 20.9. The third-order valence-electron chi connectivity index (χ3n) is 6.95. The predicted molar refractivity (Wildman–Crippen MR) is 144 cm³/mol. The quantitative estimate of drug-likeness (QED) is 0.286. The van der Waals surface area contributed by atoms with E-state index in [0.717, 1.165) is 43.4 Å². The van der Waals surface area contributed by atoms with Crippen LogP contribution in [0.15, 0.2) is 91.0 Å². The van der Waals surface area contributed by atoms with Crippen LogP contribution in [0.5, 0.6) is 0 Å². The molecule has 1 unspecified atom stereocenters. The zero-order chi connectivity index (χ0) is 26.5. The summed E-state index contributed by atoms with van der Waals surface area (Å²) in [5.41, 5.74) is 2.52. The number of nitrogens with one attached hydrogen (secondary N) is 2. The van der Waals surface area contributed by atoms with E-state index in [2.05, 4.69) is 10.3 Å². The molecule has 0 bridgehead atoms. The normalized spacial score (nSPS) is 14.6. The maximum Gasteiger partial charge on any atom is 0.275 e. The van der Waals surface area contributed by atoms with Crippen LogP contribution in [-0.2, 0) is 4.79 Å². The van der Waals surface area contributed by atoms with Crippen LogP contribution in [-0.4, -0.2) is 22.8 Å². The third kappa shape index (κ3) is 5.67. The Morgan fingerprint density at radius 2 is 1.55 bits per heavy atom. The van der Waals surface area contributed by atoms with E-state index in [1.165, 1.54) is 47.4 Å². The van der Waals surface area contributed by atoms with Crippen molar-refractivity contribution in [2.45, 2.75) is 44.2 Å². The molecule has 1 aliphatic rings. The predicted octanol–water partition coefficient (Wildman–Crippen LogP) is 6.80. The topological polar surface area (TPSA) is 65.2 Å². The Labute approximate surface area is 220 Å². The van der Waals surface area contributed by atoms with Gasteiger partial charge in [-0.05, 0) is 66.4 Å². The molecule has 1 fully saturated rings. The number of aromatic amines is 1. The van der Waals surface area contributed by atoms with Crippen LogP contribution in [0, 0.1) is 11.6 Å². The number of H-pyrrole nitrogens is 1. The first-order valence-electron chi connectivity index (χ1n) is 12.9. The third-order valence-corrected chi connectivity index (χ3v) is 6.95. The summed E-state index contributed by atoms with van der Waals surface area (Å²) >= 11 is 0. The van der Waals surface area contributed by atoms with E-state index in [1.807, 2.05) is 30.3 Å². The number of nitrogens with zero attached hydrogens (tertiary/aromatic N) is 1. The highest BCUT2D eigenvalue weighted by Crippen LogP contribution is 2.32. The first-order chi connectivity index (χ1) is 18.5. The summed E-state index contributed by atoms with van der Waals surface area (Å²) in [6, 6.07) is 22.9. The lowest BCUT2D eigenvalue weighted by Crippen LogP contribution is -2.47. The number of benzene rings is 3. The second-order valence-electron chi connectivity index (χ2n) is 9.60. The Kier molecular flexibility index (Phi) is 7.63. The van der Waals surface area contributed by atoms with Crippen LogP contribution in [0.4, 0.5) is 14.5 Å². The Morgan fingerprint density at radius 3 is 2.26 bits per heavy atom. The average molecular weight is 514 g/mol. The molecular weight excluding hydrogens is 484 g/mol. The van der Waals surface area contributed by atoms with Gasteiger partial charge < -0.3 is 10.3 Å². The van der Waals surface area contributed by atoms with Gasteiger partial charge in [-0.3, -0.25) is 14.5 Å². The van der Waals surface area contributed by atoms with E-state index in [9.17, 15) is 18.4 Å². The fourth-order valence-electron chi connectivity index (χ4n) is 5.04. The molecule has 0 saturated heterocycles. The van der Waals surface area contributed by atoms with Crippen molar-refractivity contribution in [1.82, 2.24) is 10.3 Å². The maximum atomic E-state index is 14.4. The van der Waals surface area contributed by atoms with Crippen LogP contribution in [0.1, 0.15) is 54.2 Å². The minimum atomic E-state index is -1.14. The number of aromatic nitrogens is 1. The molecule has 38 heavy (non-hydrogen) atoms. The fraction of sp³-hybridized carbons (Fsp3) is 0.226. The molecule has 1 atom stereocenters. The Balaban J connectivity index is 1.57. The molecule has 1 heterocycles. The molecule has 1 aliphatic carbocycles. The summed E-state index contributed by atoms with van der Waals surface area (Å²) in [7, 11) is 0. The summed E-state index contributed by atoms with van der Waals surface area (Å²) in [4.78, 5) is 32.4. The van der Waals surface area contributed by atoms with E-state index in [1.54, 1.807) is 18.2 Å². The van der Waals surface area contributed by atoms with E-state index in [-0.39, 0.29) is 17.4 Å². The van der Waals surface area contributed by atoms with Crippen molar-refractivity contribution in [2.75, 3.05) is 4.90 Å². The Hall–Kier alpha value is -4.26. The number of rotatable bonds is 7. The molecule has 2 N–H and O–H groups in total. The molecular formula is C31H29F2N3O2. The van der Waals surface area contributed by atoms with Gasteiger partial charge >= 0.3 is 0 Å². The van der Waals surface area contributed by atoms with Crippen molar-refractivity contribution in [3.05, 3.63) is 114 Å². The highest BCUT2D eigenvalue weighted by Gasteiger charge is 2.35. The van der Waals surface area contributed by atoms with Crippen molar-refractivity contribution in [1.29, 1.82) is 0 Å². The van der Waals surface area contributed by atoms with Gasteiger partial charge in [0.1, 0.15) is 23.4 Å². The fourth-order valence-corrected chi connectivity index (χ4v) is 5.04. The first kappa shape index (κ1) is 25.4. The number of amides is 2. The lowest BCUT2D eigenvalue weighted by atomic mass is 9.94. The molecule has 7 heteroatoms. The minimum Gasteiger partial charge on any atom is -0.351 e. The number of anilines is 1. The van der Waals surface area contributed by atoms with Gasteiger partial charge in [0.25, 0.3) is 5.91 Å². The Bertz CT molecular complexity index is 1400. The molecule has 0 radical (unpaired) electrons. The summed E-state index contributed by atoms with van der Waals surface area (Å²) in [5.74, 6) is -1.90. The minimum absolute atomic E-state index is 0.0150. The Morgan fingerprint density at radius 1 is 0.816 bits per heavy atom. The van der Waals surface area contributed by atoms with Gasteiger partial charge in [-0.1, -0.05) is 67.8 Å². The summed E-state index contributed by atoms with van der Waals surface area (Å²) in [6.07, 6.45) is 4.87. The SMILES string of the molecule is O=C(NC1CCCCC1)C(c1ccc(F)cc1)N(C(=O)c1ccc(-c2ccccc2)[nH]1)c1cccc(F)c1. The number of hydrogen-bond acceptors (Lipinski definition) is 2.